The molecule has 0 atom stereocenters. The zero-order valence-corrected chi connectivity index (χ0v) is 14.3. The first kappa shape index (κ1) is 16.4. The van der Waals surface area contributed by atoms with Crippen LogP contribution in [0.25, 0.3) is 11.1 Å². The van der Waals surface area contributed by atoms with Crippen LogP contribution in [-0.4, -0.2) is 12.7 Å². The van der Waals surface area contributed by atoms with E-state index >= 15 is 0 Å². The fourth-order valence-corrected chi connectivity index (χ4v) is 3.45. The number of hydrogen-bond donors (Lipinski definition) is 2. The van der Waals surface area contributed by atoms with Crippen molar-refractivity contribution in [3.63, 3.8) is 0 Å². The molecule has 1 aliphatic rings. The Labute approximate surface area is 152 Å². The average molecular weight is 344 g/mol. The normalized spacial score (nSPS) is 12.3. The lowest BCUT2D eigenvalue weighted by Crippen LogP contribution is -2.37. The van der Waals surface area contributed by atoms with Gasteiger partial charge in [0.2, 0.25) is 0 Å². The first-order valence-corrected chi connectivity index (χ1v) is 8.71. The Morgan fingerprint density at radius 2 is 1.38 bits per heavy atom. The quantitative estimate of drug-likeness (QED) is 0.681. The van der Waals surface area contributed by atoms with E-state index < -0.39 is 6.09 Å². The second kappa shape index (κ2) is 7.42. The third-order valence-corrected chi connectivity index (χ3v) is 4.67. The topological polar surface area (TPSA) is 50.4 Å². The van der Waals surface area contributed by atoms with E-state index in [4.69, 9.17) is 4.74 Å². The van der Waals surface area contributed by atoms with E-state index in [9.17, 15) is 4.79 Å². The number of ether oxygens (including phenoxy) is 1. The minimum absolute atomic E-state index is 0.0715. The van der Waals surface area contributed by atoms with Gasteiger partial charge in [-0.15, -0.1) is 0 Å². The lowest BCUT2D eigenvalue weighted by molar-refractivity contribution is 0.138. The molecule has 26 heavy (non-hydrogen) atoms. The summed E-state index contributed by atoms with van der Waals surface area (Å²) >= 11 is 0. The van der Waals surface area contributed by atoms with Crippen LogP contribution in [0.4, 0.5) is 4.79 Å². The van der Waals surface area contributed by atoms with Crippen molar-refractivity contribution in [2.45, 2.75) is 12.5 Å². The summed E-state index contributed by atoms with van der Waals surface area (Å²) in [5.41, 5.74) is 11.4. The maximum Gasteiger partial charge on any atom is 0.421 e. The van der Waals surface area contributed by atoms with E-state index in [2.05, 4.69) is 35.1 Å². The van der Waals surface area contributed by atoms with Crippen molar-refractivity contribution in [3.8, 4) is 11.1 Å². The van der Waals surface area contributed by atoms with Crippen LogP contribution in [0.1, 0.15) is 22.6 Å². The van der Waals surface area contributed by atoms with Crippen molar-refractivity contribution in [1.29, 1.82) is 0 Å². The Balaban J connectivity index is 1.36. The molecule has 3 aromatic carbocycles. The van der Waals surface area contributed by atoms with Gasteiger partial charge in [-0.2, -0.15) is 0 Å². The first-order chi connectivity index (χ1) is 12.8. The van der Waals surface area contributed by atoms with Crippen LogP contribution in [0.5, 0.6) is 0 Å². The van der Waals surface area contributed by atoms with E-state index in [-0.39, 0.29) is 5.92 Å². The van der Waals surface area contributed by atoms with Gasteiger partial charge in [0, 0.05) is 12.5 Å². The number of rotatable bonds is 5. The zero-order valence-electron chi connectivity index (χ0n) is 14.3. The fourth-order valence-electron chi connectivity index (χ4n) is 3.45. The molecule has 0 aliphatic heterocycles. The lowest BCUT2D eigenvalue weighted by atomic mass is 9.98. The Kier molecular flexibility index (Phi) is 4.67. The van der Waals surface area contributed by atoms with Crippen LogP contribution in [0.3, 0.4) is 0 Å². The molecule has 1 aliphatic carbocycles. The average Bonchev–Trinajstić information content (AvgIpc) is 3.01. The van der Waals surface area contributed by atoms with Crippen molar-refractivity contribution >= 4 is 6.09 Å². The van der Waals surface area contributed by atoms with Crippen LogP contribution in [0.2, 0.25) is 0 Å². The number of benzene rings is 3. The van der Waals surface area contributed by atoms with E-state index in [1.165, 1.54) is 22.3 Å². The molecule has 4 rings (SSSR count). The Morgan fingerprint density at radius 1 is 0.808 bits per heavy atom. The van der Waals surface area contributed by atoms with Gasteiger partial charge in [0.15, 0.2) is 0 Å². The Hall–Kier alpha value is -3.11. The molecule has 130 valence electrons. The summed E-state index contributed by atoms with van der Waals surface area (Å²) in [5, 5.41) is 0. The summed E-state index contributed by atoms with van der Waals surface area (Å²) < 4.78 is 5.47. The first-order valence-electron chi connectivity index (χ1n) is 8.71. The van der Waals surface area contributed by atoms with Crippen molar-refractivity contribution in [3.05, 3.63) is 95.6 Å². The summed E-state index contributed by atoms with van der Waals surface area (Å²) in [6, 6.07) is 26.5. The SMILES string of the molecule is O=C(NNCc1ccccc1)OCC1c2ccccc2-c2ccccc21. The molecule has 0 saturated heterocycles. The molecule has 1 amide bonds. The van der Waals surface area contributed by atoms with Gasteiger partial charge in [-0.3, -0.25) is 5.43 Å². The van der Waals surface area contributed by atoms with Crippen LogP contribution in [0.15, 0.2) is 78.9 Å². The number of carbonyl (C=O) groups is 1. The minimum atomic E-state index is -0.470. The predicted molar refractivity (Wildman–Crippen MR) is 101 cm³/mol. The summed E-state index contributed by atoms with van der Waals surface area (Å²) in [5.74, 6) is 0.0715. The van der Waals surface area contributed by atoms with Crippen LogP contribution in [0, 0.1) is 0 Å². The molecule has 0 saturated carbocycles. The smallest absolute Gasteiger partial charge is 0.421 e. The van der Waals surface area contributed by atoms with Gasteiger partial charge in [0.1, 0.15) is 6.61 Å². The van der Waals surface area contributed by atoms with Gasteiger partial charge < -0.3 is 4.74 Å². The molecular formula is C22H20N2O2. The molecule has 0 fully saturated rings. The molecule has 3 aromatic rings. The van der Waals surface area contributed by atoms with E-state index in [1.54, 1.807) is 0 Å². The highest BCUT2D eigenvalue weighted by molar-refractivity contribution is 5.79. The fraction of sp³-hybridized carbons (Fsp3) is 0.136. The standard InChI is InChI=1S/C22H20N2O2/c25-22(24-23-14-16-8-2-1-3-9-16)26-15-21-19-12-6-4-10-17(19)18-11-5-7-13-20(18)21/h1-13,21,23H,14-15H2,(H,24,25). The van der Waals surface area contributed by atoms with Gasteiger partial charge in [-0.1, -0.05) is 78.9 Å². The highest BCUT2D eigenvalue weighted by Gasteiger charge is 2.28. The molecule has 0 aromatic heterocycles. The number of hydrazine groups is 1. The zero-order chi connectivity index (χ0) is 17.8. The monoisotopic (exact) mass is 344 g/mol. The molecule has 0 spiro atoms. The van der Waals surface area contributed by atoms with E-state index in [0.29, 0.717) is 13.2 Å². The van der Waals surface area contributed by atoms with Gasteiger partial charge in [0.25, 0.3) is 0 Å². The molecular weight excluding hydrogens is 324 g/mol. The molecule has 4 nitrogen and oxygen atoms in total. The second-order valence-electron chi connectivity index (χ2n) is 6.29. The summed E-state index contributed by atoms with van der Waals surface area (Å²) in [6.07, 6.45) is -0.470. The summed E-state index contributed by atoms with van der Waals surface area (Å²) in [4.78, 5) is 12.0. The second-order valence-corrected chi connectivity index (χ2v) is 6.29. The third kappa shape index (κ3) is 3.32. The lowest BCUT2D eigenvalue weighted by Gasteiger charge is -2.15. The Morgan fingerprint density at radius 3 is 2.04 bits per heavy atom. The number of carbonyl (C=O) groups excluding carboxylic acids is 1. The minimum Gasteiger partial charge on any atom is -0.448 e. The number of amides is 1. The highest BCUT2D eigenvalue weighted by Crippen LogP contribution is 2.44. The molecule has 0 bridgehead atoms. The van der Waals surface area contributed by atoms with Gasteiger partial charge in [-0.25, -0.2) is 10.2 Å². The maximum absolute atomic E-state index is 12.0. The van der Waals surface area contributed by atoms with Crippen molar-refractivity contribution < 1.29 is 9.53 Å². The highest BCUT2D eigenvalue weighted by atomic mass is 16.6. The third-order valence-electron chi connectivity index (χ3n) is 4.67. The van der Waals surface area contributed by atoms with Gasteiger partial charge in [0.05, 0.1) is 0 Å². The summed E-state index contributed by atoms with van der Waals surface area (Å²) in [7, 11) is 0. The maximum atomic E-state index is 12.0. The predicted octanol–water partition coefficient (Wildman–Crippen LogP) is 4.23. The molecule has 0 radical (unpaired) electrons. The van der Waals surface area contributed by atoms with Gasteiger partial charge >= 0.3 is 6.09 Å². The number of fused-ring (bicyclic) bond motifs is 3. The van der Waals surface area contributed by atoms with Gasteiger partial charge in [-0.05, 0) is 27.8 Å². The largest absolute Gasteiger partial charge is 0.448 e. The van der Waals surface area contributed by atoms with Crippen LogP contribution >= 0.6 is 0 Å². The number of hydrogen-bond acceptors (Lipinski definition) is 3. The van der Waals surface area contributed by atoms with Crippen molar-refractivity contribution in [1.82, 2.24) is 10.9 Å². The van der Waals surface area contributed by atoms with E-state index in [0.717, 1.165) is 5.56 Å². The molecule has 0 heterocycles. The van der Waals surface area contributed by atoms with Crippen LogP contribution in [-0.2, 0) is 11.3 Å². The molecule has 2 N–H and O–H groups in total. The molecule has 4 heteroatoms. The van der Waals surface area contributed by atoms with E-state index in [1.807, 2.05) is 54.6 Å². The summed E-state index contributed by atoms with van der Waals surface area (Å²) in [6.45, 7) is 0.859. The van der Waals surface area contributed by atoms with Crippen molar-refractivity contribution in [2.24, 2.45) is 0 Å². The van der Waals surface area contributed by atoms with Crippen molar-refractivity contribution in [2.75, 3.05) is 6.61 Å². The molecule has 0 unspecified atom stereocenters. The number of nitrogens with one attached hydrogen (secondary N) is 2. The van der Waals surface area contributed by atoms with Crippen LogP contribution < -0.4 is 10.9 Å². The Bertz CT molecular complexity index is 863.